The van der Waals surface area contributed by atoms with Crippen LogP contribution in [0.15, 0.2) is 119 Å². The zero-order valence-corrected chi connectivity index (χ0v) is 31.9. The summed E-state index contributed by atoms with van der Waals surface area (Å²) in [5.41, 5.74) is -0.501. The summed E-state index contributed by atoms with van der Waals surface area (Å²) < 4.78 is 6.55. The van der Waals surface area contributed by atoms with Gasteiger partial charge in [0.15, 0.2) is 34.5 Å². The molecule has 0 spiro atoms. The van der Waals surface area contributed by atoms with Crippen molar-refractivity contribution in [2.24, 2.45) is 0 Å². The number of aliphatic hydroxyl groups excluding tert-OH is 4. The maximum absolute atomic E-state index is 11.7. The molecule has 0 amide bonds. The van der Waals surface area contributed by atoms with E-state index in [-0.39, 0.29) is 16.7 Å². The predicted octanol–water partition coefficient (Wildman–Crippen LogP) is 9.78. The van der Waals surface area contributed by atoms with Gasteiger partial charge in [0.25, 0.3) is 0 Å². The molecule has 0 saturated heterocycles. The summed E-state index contributed by atoms with van der Waals surface area (Å²) in [6, 6.07) is 25.1. The van der Waals surface area contributed by atoms with E-state index >= 15 is 0 Å². The molecule has 310 valence electrons. The summed E-state index contributed by atoms with van der Waals surface area (Å²) in [6.07, 6.45) is 0.459. The van der Waals surface area contributed by atoms with E-state index in [0.717, 1.165) is 6.92 Å². The molecule has 0 aliphatic rings. The van der Waals surface area contributed by atoms with Crippen LogP contribution in [0.25, 0.3) is 66.1 Å². The minimum absolute atomic E-state index is 0.0539. The molecule has 7 aromatic rings. The SMILES string of the molecule is C\C(O)=C(/C(O)=C(O)\C(=C\O)c1cccccc(C)c(-c2cccc3c2oc2c(-c4c(O)c(O)c(O)c(O)c4O)cccc23)c2ccccc12)c1c(O)c(O)c(O)c(O)c1O. The third-order valence-electron chi connectivity index (χ3n) is 10.3. The van der Waals surface area contributed by atoms with Gasteiger partial charge in [-0.25, -0.2) is 0 Å². The molecule has 0 saturated carbocycles. The molecule has 0 radical (unpaired) electrons. The summed E-state index contributed by atoms with van der Waals surface area (Å²) in [5.74, 6) is -14.8. The Balaban J connectivity index is 1.53. The lowest BCUT2D eigenvalue weighted by molar-refractivity contribution is 0.324. The minimum atomic E-state index is -1.32. The van der Waals surface area contributed by atoms with Gasteiger partial charge in [-0.05, 0) is 41.3 Å². The monoisotopic (exact) mass is 828 g/mol. The summed E-state index contributed by atoms with van der Waals surface area (Å²) >= 11 is 0. The van der Waals surface area contributed by atoms with Crippen molar-refractivity contribution in [2.75, 3.05) is 0 Å². The molecule has 0 aliphatic heterocycles. The van der Waals surface area contributed by atoms with E-state index in [0.29, 0.717) is 50.1 Å². The number of aliphatic hydroxyl groups is 4. The van der Waals surface area contributed by atoms with Gasteiger partial charge in [0, 0.05) is 21.9 Å². The fourth-order valence-corrected chi connectivity index (χ4v) is 7.38. The largest absolute Gasteiger partial charge is 0.515 e. The van der Waals surface area contributed by atoms with Crippen molar-refractivity contribution in [1.29, 1.82) is 0 Å². The van der Waals surface area contributed by atoms with Gasteiger partial charge in [-0.2, -0.15) is 0 Å². The van der Waals surface area contributed by atoms with Crippen LogP contribution in [0.1, 0.15) is 23.6 Å². The zero-order chi connectivity index (χ0) is 44.2. The van der Waals surface area contributed by atoms with Crippen LogP contribution < -0.4 is 0 Å². The van der Waals surface area contributed by atoms with E-state index in [4.69, 9.17) is 4.42 Å². The van der Waals surface area contributed by atoms with Gasteiger partial charge in [-0.1, -0.05) is 91.0 Å². The fraction of sp³-hybridized carbons (Fsp3) is 0.0435. The third-order valence-corrected chi connectivity index (χ3v) is 10.3. The number of hydrogen-bond donors (Lipinski definition) is 14. The number of para-hydroxylation sites is 2. The number of furan rings is 1. The van der Waals surface area contributed by atoms with Crippen LogP contribution >= 0.6 is 0 Å². The van der Waals surface area contributed by atoms with Gasteiger partial charge in [0.1, 0.15) is 16.9 Å². The Morgan fingerprint density at radius 2 is 0.902 bits per heavy atom. The molecule has 0 bridgehead atoms. The Kier molecular flexibility index (Phi) is 10.1. The van der Waals surface area contributed by atoms with Crippen molar-refractivity contribution >= 4 is 43.9 Å². The Bertz CT molecular complexity index is 3090. The number of fused-ring (bicyclic) bond motifs is 4. The van der Waals surface area contributed by atoms with Gasteiger partial charge in [0.2, 0.25) is 34.5 Å². The first-order valence-electron chi connectivity index (χ1n) is 18.1. The molecule has 0 aliphatic carbocycles. The number of hydrogen-bond acceptors (Lipinski definition) is 15. The number of aryl methyl sites for hydroxylation is 1. The average Bonchev–Trinajstić information content (AvgIpc) is 3.64. The van der Waals surface area contributed by atoms with Crippen LogP contribution in [0.3, 0.4) is 0 Å². The Labute approximate surface area is 343 Å². The van der Waals surface area contributed by atoms with Crippen LogP contribution in [0.2, 0.25) is 0 Å². The van der Waals surface area contributed by atoms with E-state index < -0.39 is 97.0 Å². The number of aromatic hydroxyl groups is 10. The first kappa shape index (κ1) is 40.5. The Morgan fingerprint density at radius 1 is 0.459 bits per heavy atom. The molecule has 0 atom stereocenters. The van der Waals surface area contributed by atoms with Crippen LogP contribution in [0, 0.1) is 6.92 Å². The number of allylic oxidation sites excluding steroid dienone is 3. The first-order valence-corrected chi connectivity index (χ1v) is 18.1. The molecule has 15 nitrogen and oxygen atoms in total. The molecular formula is C46H36O15. The molecule has 14 N–H and O–H groups in total. The minimum Gasteiger partial charge on any atom is -0.515 e. The first-order chi connectivity index (χ1) is 29.0. The van der Waals surface area contributed by atoms with Crippen LogP contribution in [-0.4, -0.2) is 71.5 Å². The topological polar surface area (TPSA) is 296 Å². The molecule has 0 fully saturated rings. The number of benzene rings is 5. The molecule has 7 rings (SSSR count). The van der Waals surface area contributed by atoms with Gasteiger partial charge in [0.05, 0.1) is 28.5 Å². The molecule has 1 aromatic heterocycles. The van der Waals surface area contributed by atoms with Crippen LogP contribution in [0.5, 0.6) is 57.5 Å². The number of phenols is 10. The van der Waals surface area contributed by atoms with Crippen molar-refractivity contribution in [2.45, 2.75) is 13.8 Å². The summed E-state index contributed by atoms with van der Waals surface area (Å²) in [7, 11) is 0. The van der Waals surface area contributed by atoms with Crippen LogP contribution in [0.4, 0.5) is 0 Å². The Hall–Kier alpha value is -8.72. The smallest absolute Gasteiger partial charge is 0.208 e. The number of rotatable bonds is 6. The highest BCUT2D eigenvalue weighted by molar-refractivity contribution is 6.16. The van der Waals surface area contributed by atoms with Gasteiger partial charge in [-0.3, -0.25) is 0 Å². The molecular weight excluding hydrogens is 792 g/mol. The lowest BCUT2D eigenvalue weighted by atomic mass is 9.91. The predicted molar refractivity (Wildman–Crippen MR) is 226 cm³/mol. The lowest BCUT2D eigenvalue weighted by Crippen LogP contribution is -2.02. The molecule has 1 heterocycles. The van der Waals surface area contributed by atoms with Gasteiger partial charge >= 0.3 is 0 Å². The lowest BCUT2D eigenvalue weighted by Gasteiger charge is -2.17. The van der Waals surface area contributed by atoms with Crippen molar-refractivity contribution in [3.63, 3.8) is 0 Å². The molecule has 15 heteroatoms. The molecule has 0 unspecified atom stereocenters. The maximum atomic E-state index is 11.7. The van der Waals surface area contributed by atoms with Gasteiger partial charge in [-0.15, -0.1) is 0 Å². The highest BCUT2D eigenvalue weighted by Crippen LogP contribution is 2.57. The van der Waals surface area contributed by atoms with Crippen molar-refractivity contribution in [3.05, 3.63) is 131 Å². The number of phenolic OH excluding ortho intramolecular Hbond substituents is 10. The van der Waals surface area contributed by atoms with E-state index in [1.165, 1.54) is 12.1 Å². The quantitative estimate of drug-likeness (QED) is 0.0321. The van der Waals surface area contributed by atoms with E-state index in [9.17, 15) is 71.5 Å². The Morgan fingerprint density at radius 3 is 1.43 bits per heavy atom. The van der Waals surface area contributed by atoms with E-state index in [1.807, 2.05) is 13.0 Å². The fourth-order valence-electron chi connectivity index (χ4n) is 7.38. The van der Waals surface area contributed by atoms with Crippen molar-refractivity contribution in [1.82, 2.24) is 0 Å². The second-order valence-corrected chi connectivity index (χ2v) is 13.8. The van der Waals surface area contributed by atoms with Crippen molar-refractivity contribution < 1.29 is 75.9 Å². The standard InChI is InChI=1S/C46H36O15/c1-19-10-4-3-5-11-22(28(18-47)33(49)34(50)30(20(2)48)32-37(53)41(57)44(60)42(58)38(32)54)21-12-6-7-13-23(21)29(19)26-16-8-14-24-25-15-9-17-27(46(25)61-45(24)26)31-35(51)39(55)43(59)40(56)36(31)52/h3-18,47-60H,1-2H3/b4-3?,5-3?,10-4?,11-5?,19-10?,22-11?,22-21?,28-18+,29-19?,29-23?,30-20+,34-33-. The molecule has 61 heavy (non-hydrogen) atoms. The second-order valence-electron chi connectivity index (χ2n) is 13.8. The maximum Gasteiger partial charge on any atom is 0.208 e. The van der Waals surface area contributed by atoms with Gasteiger partial charge < -0.3 is 75.9 Å². The normalized spacial score (nSPS) is 12.7. The van der Waals surface area contributed by atoms with Crippen LogP contribution in [-0.2, 0) is 0 Å². The third kappa shape index (κ3) is 6.33. The summed E-state index contributed by atoms with van der Waals surface area (Å²) in [6.45, 7) is 2.81. The average molecular weight is 829 g/mol. The highest BCUT2D eigenvalue weighted by Gasteiger charge is 2.32. The second kappa shape index (κ2) is 15.2. The zero-order valence-electron chi connectivity index (χ0n) is 31.9. The highest BCUT2D eigenvalue weighted by atomic mass is 16.4. The van der Waals surface area contributed by atoms with Crippen molar-refractivity contribution in [3.8, 4) is 79.7 Å². The summed E-state index contributed by atoms with van der Waals surface area (Å²) in [4.78, 5) is 0. The summed E-state index contributed by atoms with van der Waals surface area (Å²) in [5, 5.41) is 151. The molecule has 6 aromatic carbocycles. The van der Waals surface area contributed by atoms with E-state index in [1.54, 1.807) is 72.8 Å². The van der Waals surface area contributed by atoms with E-state index in [2.05, 4.69) is 0 Å².